The van der Waals surface area contributed by atoms with Crippen LogP contribution in [0.5, 0.6) is 0 Å². The Morgan fingerprint density at radius 3 is 2.40 bits per heavy atom. The van der Waals surface area contributed by atoms with Crippen LogP contribution in [0.25, 0.3) is 11.1 Å². The molecule has 0 unspecified atom stereocenters. The third-order valence-electron chi connectivity index (χ3n) is 2.37. The third-order valence-corrected chi connectivity index (χ3v) is 3.06. The van der Waals surface area contributed by atoms with E-state index in [1.807, 2.05) is 31.2 Å². The van der Waals surface area contributed by atoms with Crippen LogP contribution in [-0.4, -0.2) is 0 Å². The molecule has 2 aromatic carbocycles. The average molecular weight is 262 g/mol. The molecule has 2 rings (SSSR count). The van der Waals surface area contributed by atoms with Crippen LogP contribution in [0.2, 0.25) is 0 Å². The van der Waals surface area contributed by atoms with Gasteiger partial charge in [-0.05, 0) is 30.2 Å². The Hall–Kier alpha value is -1.28. The fourth-order valence-electron chi connectivity index (χ4n) is 1.61. The Morgan fingerprint density at radius 2 is 1.73 bits per heavy atom. The standard InChI is InChI=1S/C13H12BrN/c1-9-6-7-11(13(15)8-9)10-4-2-3-5-12(10)14/h2-8H,15H2,1H3. The molecule has 0 fully saturated rings. The van der Waals surface area contributed by atoms with Crippen molar-refractivity contribution in [2.24, 2.45) is 0 Å². The maximum Gasteiger partial charge on any atom is 0.0396 e. The fourth-order valence-corrected chi connectivity index (χ4v) is 2.11. The summed E-state index contributed by atoms with van der Waals surface area (Å²) in [5.74, 6) is 0. The average Bonchev–Trinajstić information content (AvgIpc) is 2.20. The summed E-state index contributed by atoms with van der Waals surface area (Å²) in [6, 6.07) is 14.2. The molecule has 2 heteroatoms. The van der Waals surface area contributed by atoms with E-state index in [2.05, 4.69) is 34.1 Å². The highest BCUT2D eigenvalue weighted by molar-refractivity contribution is 9.10. The SMILES string of the molecule is Cc1ccc(-c2ccccc2Br)c(N)c1. The molecule has 0 aliphatic rings. The van der Waals surface area contributed by atoms with Gasteiger partial charge in [-0.25, -0.2) is 0 Å². The van der Waals surface area contributed by atoms with Gasteiger partial charge in [0, 0.05) is 15.7 Å². The van der Waals surface area contributed by atoms with Gasteiger partial charge in [0.25, 0.3) is 0 Å². The predicted molar refractivity (Wildman–Crippen MR) is 68.7 cm³/mol. The van der Waals surface area contributed by atoms with E-state index in [0.29, 0.717) is 0 Å². The van der Waals surface area contributed by atoms with Crippen molar-refractivity contribution in [3.63, 3.8) is 0 Å². The zero-order chi connectivity index (χ0) is 10.8. The molecule has 2 aromatic rings. The summed E-state index contributed by atoms with van der Waals surface area (Å²) < 4.78 is 1.07. The second kappa shape index (κ2) is 4.07. The highest BCUT2D eigenvalue weighted by Crippen LogP contribution is 2.32. The minimum atomic E-state index is 0.821. The van der Waals surface area contributed by atoms with Crippen molar-refractivity contribution in [3.05, 3.63) is 52.5 Å². The van der Waals surface area contributed by atoms with Crippen LogP contribution in [0.3, 0.4) is 0 Å². The number of hydrogen-bond donors (Lipinski definition) is 1. The van der Waals surface area contributed by atoms with E-state index in [1.54, 1.807) is 0 Å². The highest BCUT2D eigenvalue weighted by Gasteiger charge is 2.05. The number of benzene rings is 2. The van der Waals surface area contributed by atoms with E-state index < -0.39 is 0 Å². The minimum Gasteiger partial charge on any atom is -0.398 e. The van der Waals surface area contributed by atoms with Crippen LogP contribution in [-0.2, 0) is 0 Å². The molecule has 76 valence electrons. The highest BCUT2D eigenvalue weighted by atomic mass is 79.9. The van der Waals surface area contributed by atoms with Gasteiger partial charge in [-0.15, -0.1) is 0 Å². The smallest absolute Gasteiger partial charge is 0.0396 e. The molecule has 0 bridgehead atoms. The summed E-state index contributed by atoms with van der Waals surface area (Å²) in [6.45, 7) is 2.04. The van der Waals surface area contributed by atoms with Gasteiger partial charge in [-0.1, -0.05) is 46.3 Å². The Labute approximate surface area is 98.1 Å². The van der Waals surface area contributed by atoms with Crippen LogP contribution in [0, 0.1) is 6.92 Å². The van der Waals surface area contributed by atoms with Crippen molar-refractivity contribution in [1.82, 2.24) is 0 Å². The molecule has 0 saturated heterocycles. The normalized spacial score (nSPS) is 10.3. The molecular formula is C13H12BrN. The van der Waals surface area contributed by atoms with E-state index in [-0.39, 0.29) is 0 Å². The molecule has 0 aromatic heterocycles. The van der Waals surface area contributed by atoms with E-state index in [4.69, 9.17) is 5.73 Å². The van der Waals surface area contributed by atoms with Crippen molar-refractivity contribution in [3.8, 4) is 11.1 Å². The zero-order valence-electron chi connectivity index (χ0n) is 8.50. The molecule has 0 spiro atoms. The maximum absolute atomic E-state index is 6.00. The number of rotatable bonds is 1. The van der Waals surface area contributed by atoms with Gasteiger partial charge in [0.2, 0.25) is 0 Å². The molecule has 0 atom stereocenters. The molecule has 0 aliphatic heterocycles. The molecule has 2 N–H and O–H groups in total. The summed E-state index contributed by atoms with van der Waals surface area (Å²) in [7, 11) is 0. The molecule has 0 heterocycles. The van der Waals surface area contributed by atoms with E-state index in [9.17, 15) is 0 Å². The van der Waals surface area contributed by atoms with Gasteiger partial charge in [-0.2, -0.15) is 0 Å². The molecule has 0 aliphatic carbocycles. The van der Waals surface area contributed by atoms with Crippen LogP contribution < -0.4 is 5.73 Å². The maximum atomic E-state index is 6.00. The van der Waals surface area contributed by atoms with E-state index >= 15 is 0 Å². The summed E-state index contributed by atoms with van der Waals surface area (Å²) in [5, 5.41) is 0. The van der Waals surface area contributed by atoms with Gasteiger partial charge >= 0.3 is 0 Å². The lowest BCUT2D eigenvalue weighted by atomic mass is 10.0. The fraction of sp³-hybridized carbons (Fsp3) is 0.0769. The molecule has 1 nitrogen and oxygen atoms in total. The first-order valence-electron chi connectivity index (χ1n) is 4.79. The summed E-state index contributed by atoms with van der Waals surface area (Å²) >= 11 is 3.53. The molecule has 0 amide bonds. The lowest BCUT2D eigenvalue weighted by molar-refractivity contribution is 1.46. The Morgan fingerprint density at radius 1 is 1.00 bits per heavy atom. The van der Waals surface area contributed by atoms with Crippen LogP contribution >= 0.6 is 15.9 Å². The monoisotopic (exact) mass is 261 g/mol. The number of anilines is 1. The third kappa shape index (κ3) is 2.05. The number of halogens is 1. The first-order valence-corrected chi connectivity index (χ1v) is 5.59. The van der Waals surface area contributed by atoms with E-state index in [1.165, 1.54) is 5.56 Å². The number of hydrogen-bond acceptors (Lipinski definition) is 1. The van der Waals surface area contributed by atoms with Gasteiger partial charge in [0.1, 0.15) is 0 Å². The van der Waals surface area contributed by atoms with Crippen molar-refractivity contribution < 1.29 is 0 Å². The first-order chi connectivity index (χ1) is 7.18. The lowest BCUT2D eigenvalue weighted by Crippen LogP contribution is -1.91. The van der Waals surface area contributed by atoms with Crippen molar-refractivity contribution in [2.75, 3.05) is 5.73 Å². The molecular weight excluding hydrogens is 250 g/mol. The molecule has 15 heavy (non-hydrogen) atoms. The first kappa shape index (κ1) is 10.2. The Kier molecular flexibility index (Phi) is 2.78. The van der Waals surface area contributed by atoms with Crippen molar-refractivity contribution in [1.29, 1.82) is 0 Å². The summed E-state index contributed by atoms with van der Waals surface area (Å²) in [5.41, 5.74) is 10.2. The largest absolute Gasteiger partial charge is 0.398 e. The van der Waals surface area contributed by atoms with Gasteiger partial charge in [-0.3, -0.25) is 0 Å². The predicted octanol–water partition coefficient (Wildman–Crippen LogP) is 4.01. The zero-order valence-corrected chi connectivity index (χ0v) is 10.1. The van der Waals surface area contributed by atoms with Gasteiger partial charge in [0.05, 0.1) is 0 Å². The Balaban J connectivity index is 2.60. The quantitative estimate of drug-likeness (QED) is 0.772. The van der Waals surface area contributed by atoms with E-state index in [0.717, 1.165) is 21.3 Å². The topological polar surface area (TPSA) is 26.0 Å². The molecule has 0 saturated carbocycles. The van der Waals surface area contributed by atoms with Crippen LogP contribution in [0.1, 0.15) is 5.56 Å². The number of nitrogen functional groups attached to an aromatic ring is 1. The lowest BCUT2D eigenvalue weighted by Gasteiger charge is -2.08. The van der Waals surface area contributed by atoms with Gasteiger partial charge in [0.15, 0.2) is 0 Å². The summed E-state index contributed by atoms with van der Waals surface area (Å²) in [6.07, 6.45) is 0. The minimum absolute atomic E-state index is 0.821. The van der Waals surface area contributed by atoms with Crippen molar-refractivity contribution in [2.45, 2.75) is 6.92 Å². The molecule has 0 radical (unpaired) electrons. The second-order valence-electron chi connectivity index (χ2n) is 3.57. The summed E-state index contributed by atoms with van der Waals surface area (Å²) in [4.78, 5) is 0. The van der Waals surface area contributed by atoms with Crippen LogP contribution in [0.15, 0.2) is 46.9 Å². The number of nitrogens with two attached hydrogens (primary N) is 1. The second-order valence-corrected chi connectivity index (χ2v) is 4.42. The number of aryl methyl sites for hydroxylation is 1. The van der Waals surface area contributed by atoms with Crippen molar-refractivity contribution >= 4 is 21.6 Å². The van der Waals surface area contributed by atoms with Gasteiger partial charge < -0.3 is 5.73 Å². The van der Waals surface area contributed by atoms with Crippen LogP contribution in [0.4, 0.5) is 5.69 Å². The Bertz CT molecular complexity index is 492.